The van der Waals surface area contributed by atoms with E-state index >= 15 is 0 Å². The zero-order valence-electron chi connectivity index (χ0n) is 16.5. The highest BCUT2D eigenvalue weighted by Crippen LogP contribution is 2.29. The molecular formula is C20H20N4O5S2. The first-order valence-corrected chi connectivity index (χ1v) is 12.2. The highest BCUT2D eigenvalue weighted by Gasteiger charge is 2.36. The third kappa shape index (κ3) is 3.89. The largest absolute Gasteiger partial charge is 0.379 e. The number of hydrogen-bond donors (Lipinski definition) is 0. The lowest BCUT2D eigenvalue weighted by molar-refractivity contribution is 0.0569. The van der Waals surface area contributed by atoms with Gasteiger partial charge in [-0.25, -0.2) is 8.42 Å². The third-order valence-corrected chi connectivity index (χ3v) is 8.04. The first-order valence-electron chi connectivity index (χ1n) is 9.86. The topological polar surface area (TPSA) is 106 Å². The Morgan fingerprint density at radius 3 is 2.52 bits per heavy atom. The Balaban J connectivity index is 1.22. The van der Waals surface area contributed by atoms with E-state index in [4.69, 9.17) is 9.26 Å². The van der Waals surface area contributed by atoms with Crippen LogP contribution in [0.3, 0.4) is 0 Å². The van der Waals surface area contributed by atoms with Crippen LogP contribution in [-0.4, -0.2) is 73.1 Å². The van der Waals surface area contributed by atoms with Gasteiger partial charge in [0.15, 0.2) is 0 Å². The van der Waals surface area contributed by atoms with Gasteiger partial charge in [0.25, 0.3) is 5.91 Å². The number of hydrogen-bond acceptors (Lipinski definition) is 8. The van der Waals surface area contributed by atoms with Crippen molar-refractivity contribution in [2.24, 2.45) is 0 Å². The fraction of sp³-hybridized carbons (Fsp3) is 0.350. The number of morpholine rings is 1. The standard InChI is InChI=1S/C20H20N4O5S2/c25-20(14-1-3-17(4-2-14)31(26,27)24-6-8-28-9-7-24)23-11-16(12-23)19-21-18(22-29-19)15-5-10-30-13-15/h1-5,10,13,16H,6-9,11-12H2. The predicted octanol–water partition coefficient (Wildman–Crippen LogP) is 2.06. The summed E-state index contributed by atoms with van der Waals surface area (Å²) < 4.78 is 37.4. The normalized spacial score (nSPS) is 18.1. The highest BCUT2D eigenvalue weighted by molar-refractivity contribution is 7.89. The highest BCUT2D eigenvalue weighted by atomic mass is 32.2. The molecule has 3 aromatic rings. The Morgan fingerprint density at radius 2 is 1.84 bits per heavy atom. The van der Waals surface area contributed by atoms with Gasteiger partial charge in [0, 0.05) is 42.7 Å². The Bertz CT molecular complexity index is 1160. The van der Waals surface area contributed by atoms with E-state index < -0.39 is 10.0 Å². The second kappa shape index (κ2) is 8.15. The maximum absolute atomic E-state index is 12.7. The minimum Gasteiger partial charge on any atom is -0.379 e. The summed E-state index contributed by atoms with van der Waals surface area (Å²) in [7, 11) is -3.58. The average Bonchev–Trinajstić information content (AvgIpc) is 3.45. The molecule has 0 bridgehead atoms. The minimum atomic E-state index is -3.58. The number of rotatable bonds is 5. The summed E-state index contributed by atoms with van der Waals surface area (Å²) in [4.78, 5) is 19.0. The Morgan fingerprint density at radius 1 is 1.10 bits per heavy atom. The van der Waals surface area contributed by atoms with Gasteiger partial charge in [0.1, 0.15) is 0 Å². The van der Waals surface area contributed by atoms with Gasteiger partial charge in [0.2, 0.25) is 21.7 Å². The van der Waals surface area contributed by atoms with E-state index in [1.54, 1.807) is 28.4 Å². The molecule has 11 heteroatoms. The summed E-state index contributed by atoms with van der Waals surface area (Å²) >= 11 is 1.56. The molecule has 1 aromatic carbocycles. The average molecular weight is 461 g/mol. The monoisotopic (exact) mass is 460 g/mol. The van der Waals surface area contributed by atoms with Crippen LogP contribution in [0.5, 0.6) is 0 Å². The summed E-state index contributed by atoms with van der Waals surface area (Å²) in [5.41, 5.74) is 1.36. The van der Waals surface area contributed by atoms with Crippen molar-refractivity contribution in [1.82, 2.24) is 19.3 Å². The summed E-state index contributed by atoms with van der Waals surface area (Å²) in [6.45, 7) is 2.42. The summed E-state index contributed by atoms with van der Waals surface area (Å²) in [6, 6.07) is 8.02. The van der Waals surface area contributed by atoms with Crippen LogP contribution in [0.1, 0.15) is 22.2 Å². The molecule has 0 aliphatic carbocycles. The van der Waals surface area contributed by atoms with Crippen LogP contribution < -0.4 is 0 Å². The molecule has 0 saturated carbocycles. The molecule has 0 radical (unpaired) electrons. The molecule has 2 aromatic heterocycles. The fourth-order valence-electron chi connectivity index (χ4n) is 3.60. The Hall–Kier alpha value is -2.60. The van der Waals surface area contributed by atoms with Gasteiger partial charge < -0.3 is 14.2 Å². The van der Waals surface area contributed by atoms with E-state index in [2.05, 4.69) is 10.1 Å². The first kappa shape index (κ1) is 20.3. The number of amides is 1. The first-order chi connectivity index (χ1) is 15.0. The van der Waals surface area contributed by atoms with Crippen molar-refractivity contribution in [3.05, 3.63) is 52.5 Å². The summed E-state index contributed by atoms with van der Waals surface area (Å²) in [5.74, 6) is 0.934. The lowest BCUT2D eigenvalue weighted by Crippen LogP contribution is -2.48. The van der Waals surface area contributed by atoms with Crippen LogP contribution in [0.4, 0.5) is 0 Å². The van der Waals surface area contributed by atoms with Crippen molar-refractivity contribution in [2.75, 3.05) is 39.4 Å². The molecule has 31 heavy (non-hydrogen) atoms. The lowest BCUT2D eigenvalue weighted by atomic mass is 9.99. The molecule has 2 saturated heterocycles. The number of thiophene rings is 1. The number of sulfonamides is 1. The molecule has 0 N–H and O–H groups in total. The molecule has 2 aliphatic rings. The van der Waals surface area contributed by atoms with Crippen LogP contribution in [-0.2, 0) is 14.8 Å². The van der Waals surface area contributed by atoms with Crippen LogP contribution in [0.15, 0.2) is 50.5 Å². The molecule has 2 aliphatic heterocycles. The maximum atomic E-state index is 12.7. The molecule has 5 rings (SSSR count). The number of aromatic nitrogens is 2. The molecule has 0 atom stereocenters. The van der Waals surface area contributed by atoms with Crippen molar-refractivity contribution in [2.45, 2.75) is 10.8 Å². The van der Waals surface area contributed by atoms with Gasteiger partial charge in [-0.2, -0.15) is 20.6 Å². The van der Waals surface area contributed by atoms with Gasteiger partial charge in [-0.15, -0.1) is 0 Å². The quantitative estimate of drug-likeness (QED) is 0.574. The molecule has 9 nitrogen and oxygen atoms in total. The maximum Gasteiger partial charge on any atom is 0.253 e. The number of likely N-dealkylation sites (tertiary alicyclic amines) is 1. The van der Waals surface area contributed by atoms with Crippen molar-refractivity contribution < 1.29 is 22.5 Å². The minimum absolute atomic E-state index is 0.00445. The second-order valence-corrected chi connectivity index (χ2v) is 10.1. The van der Waals surface area contributed by atoms with Gasteiger partial charge in [0.05, 0.1) is 24.0 Å². The lowest BCUT2D eigenvalue weighted by Gasteiger charge is -2.37. The van der Waals surface area contributed by atoms with Crippen molar-refractivity contribution in [3.8, 4) is 11.4 Å². The van der Waals surface area contributed by atoms with Gasteiger partial charge >= 0.3 is 0 Å². The van der Waals surface area contributed by atoms with Crippen LogP contribution in [0.25, 0.3) is 11.4 Å². The number of carbonyl (C=O) groups is 1. The molecule has 1 amide bonds. The van der Waals surface area contributed by atoms with Crippen LogP contribution in [0, 0.1) is 0 Å². The molecule has 0 spiro atoms. The van der Waals surface area contributed by atoms with E-state index in [-0.39, 0.29) is 16.7 Å². The SMILES string of the molecule is O=C(c1ccc(S(=O)(=O)N2CCOCC2)cc1)N1CC(c2nc(-c3ccsc3)no2)C1. The third-order valence-electron chi connectivity index (χ3n) is 5.45. The van der Waals surface area contributed by atoms with E-state index in [1.165, 1.54) is 16.4 Å². The molecule has 162 valence electrons. The Kier molecular flexibility index (Phi) is 5.34. The number of benzene rings is 1. The van der Waals surface area contributed by atoms with Crippen molar-refractivity contribution in [1.29, 1.82) is 0 Å². The molecule has 2 fully saturated rings. The smallest absolute Gasteiger partial charge is 0.253 e. The van der Waals surface area contributed by atoms with E-state index in [1.807, 2.05) is 16.8 Å². The molecule has 0 unspecified atom stereocenters. The van der Waals surface area contributed by atoms with Crippen molar-refractivity contribution >= 4 is 27.3 Å². The van der Waals surface area contributed by atoms with Crippen LogP contribution >= 0.6 is 11.3 Å². The van der Waals surface area contributed by atoms with E-state index in [0.717, 1.165) is 5.56 Å². The van der Waals surface area contributed by atoms with Gasteiger partial charge in [-0.05, 0) is 35.7 Å². The number of carbonyl (C=O) groups excluding carboxylic acids is 1. The van der Waals surface area contributed by atoms with E-state index in [0.29, 0.717) is 56.7 Å². The second-order valence-electron chi connectivity index (χ2n) is 7.42. The Labute approximate surface area is 183 Å². The van der Waals surface area contributed by atoms with Crippen LogP contribution in [0.2, 0.25) is 0 Å². The van der Waals surface area contributed by atoms with E-state index in [9.17, 15) is 13.2 Å². The zero-order chi connectivity index (χ0) is 21.4. The predicted molar refractivity (Wildman–Crippen MR) is 112 cm³/mol. The number of ether oxygens (including phenoxy) is 1. The van der Waals surface area contributed by atoms with Crippen molar-refractivity contribution in [3.63, 3.8) is 0 Å². The fourth-order valence-corrected chi connectivity index (χ4v) is 5.64. The molecule has 4 heterocycles. The number of nitrogens with zero attached hydrogens (tertiary/aromatic N) is 4. The van der Waals surface area contributed by atoms with Gasteiger partial charge in [-0.1, -0.05) is 5.16 Å². The summed E-state index contributed by atoms with van der Waals surface area (Å²) in [6.07, 6.45) is 0. The van der Waals surface area contributed by atoms with Gasteiger partial charge in [-0.3, -0.25) is 4.79 Å². The molecular weight excluding hydrogens is 440 g/mol. The summed E-state index contributed by atoms with van der Waals surface area (Å²) in [5, 5.41) is 7.91. The zero-order valence-corrected chi connectivity index (χ0v) is 18.1.